The zero-order chi connectivity index (χ0) is 17.2. The smallest absolute Gasteiger partial charge is 0.222 e. The summed E-state index contributed by atoms with van der Waals surface area (Å²) in [6.45, 7) is 3.69. The van der Waals surface area contributed by atoms with Gasteiger partial charge in [-0.15, -0.1) is 0 Å². The molecule has 1 aliphatic carbocycles. The fourth-order valence-electron chi connectivity index (χ4n) is 3.67. The first-order chi connectivity index (χ1) is 12.2. The third-order valence-corrected chi connectivity index (χ3v) is 4.88. The third kappa shape index (κ3) is 3.34. The number of carbonyl (C=O) groups is 1. The number of fused-ring (bicyclic) bond motifs is 1. The average Bonchev–Trinajstić information content (AvgIpc) is 3.25. The van der Waals surface area contributed by atoms with E-state index in [9.17, 15) is 4.79 Å². The molecule has 6 heteroatoms. The summed E-state index contributed by atoms with van der Waals surface area (Å²) >= 11 is 0. The molecule has 6 nitrogen and oxygen atoms in total. The van der Waals surface area contributed by atoms with E-state index in [1.807, 2.05) is 23.1 Å². The highest BCUT2D eigenvalue weighted by molar-refractivity contribution is 5.78. The fraction of sp³-hybridized carbons (Fsp3) is 0.474. The number of likely N-dealkylation sites (tertiary alicyclic amines) is 1. The van der Waals surface area contributed by atoms with Crippen LogP contribution < -0.4 is 5.32 Å². The first kappa shape index (κ1) is 16.0. The van der Waals surface area contributed by atoms with Crippen molar-refractivity contribution in [2.24, 2.45) is 0 Å². The Labute approximate surface area is 147 Å². The van der Waals surface area contributed by atoms with E-state index in [0.29, 0.717) is 12.2 Å². The van der Waals surface area contributed by atoms with Crippen molar-refractivity contribution in [1.29, 1.82) is 0 Å². The van der Waals surface area contributed by atoms with Gasteiger partial charge in [-0.3, -0.25) is 9.78 Å². The zero-order valence-corrected chi connectivity index (χ0v) is 14.5. The summed E-state index contributed by atoms with van der Waals surface area (Å²) in [5.41, 5.74) is 3.14. The average molecular weight is 337 g/mol. The Morgan fingerprint density at radius 2 is 2.12 bits per heavy atom. The molecule has 2 aliphatic rings. The molecule has 130 valence electrons. The highest BCUT2D eigenvalue weighted by Gasteiger charge is 2.24. The molecular formula is C19H23N5O. The van der Waals surface area contributed by atoms with Gasteiger partial charge in [-0.1, -0.05) is 6.07 Å². The Kier molecular flexibility index (Phi) is 4.34. The van der Waals surface area contributed by atoms with Crippen LogP contribution in [0, 0.1) is 0 Å². The molecule has 0 radical (unpaired) electrons. The number of pyridine rings is 1. The van der Waals surface area contributed by atoms with Crippen LogP contribution in [0.15, 0.2) is 24.4 Å². The third-order valence-electron chi connectivity index (χ3n) is 4.88. The first-order valence-electron chi connectivity index (χ1n) is 9.06. The van der Waals surface area contributed by atoms with Crippen molar-refractivity contribution in [3.8, 4) is 11.5 Å². The summed E-state index contributed by atoms with van der Waals surface area (Å²) in [6, 6.07) is 5.93. The molecule has 1 fully saturated rings. The maximum Gasteiger partial charge on any atom is 0.222 e. The second-order valence-corrected chi connectivity index (χ2v) is 6.88. The Morgan fingerprint density at radius 3 is 2.88 bits per heavy atom. The Bertz CT molecular complexity index is 777. The lowest BCUT2D eigenvalue weighted by Gasteiger charge is -2.23. The van der Waals surface area contributed by atoms with Gasteiger partial charge in [0.2, 0.25) is 5.91 Å². The van der Waals surface area contributed by atoms with Gasteiger partial charge in [-0.05, 0) is 44.7 Å². The Balaban J connectivity index is 1.58. The minimum absolute atomic E-state index is 0.151. The van der Waals surface area contributed by atoms with Crippen LogP contribution >= 0.6 is 0 Å². The van der Waals surface area contributed by atoms with Gasteiger partial charge in [0.15, 0.2) is 5.82 Å². The van der Waals surface area contributed by atoms with Crippen LogP contribution in [-0.4, -0.2) is 44.9 Å². The predicted molar refractivity (Wildman–Crippen MR) is 96.2 cm³/mol. The summed E-state index contributed by atoms with van der Waals surface area (Å²) in [5, 5.41) is 3.53. The van der Waals surface area contributed by atoms with Crippen LogP contribution in [0.5, 0.6) is 0 Å². The SMILES string of the molecule is C[C@@H](CN1CCCC1=O)Nc1nc(-c2ccccn2)nc2c1CCC2. The highest BCUT2D eigenvalue weighted by Crippen LogP contribution is 2.29. The number of aryl methyl sites for hydroxylation is 1. The zero-order valence-electron chi connectivity index (χ0n) is 14.5. The number of rotatable bonds is 5. The van der Waals surface area contributed by atoms with E-state index in [-0.39, 0.29) is 11.9 Å². The molecule has 0 unspecified atom stereocenters. The summed E-state index contributed by atoms with van der Waals surface area (Å²) in [5.74, 6) is 1.84. The van der Waals surface area contributed by atoms with Crippen LogP contribution in [0.4, 0.5) is 5.82 Å². The van der Waals surface area contributed by atoms with Crippen LogP contribution in [0.3, 0.4) is 0 Å². The maximum atomic E-state index is 11.9. The van der Waals surface area contributed by atoms with E-state index in [4.69, 9.17) is 9.97 Å². The van der Waals surface area contributed by atoms with Crippen LogP contribution in [0.1, 0.15) is 37.4 Å². The molecule has 25 heavy (non-hydrogen) atoms. The van der Waals surface area contributed by atoms with Gasteiger partial charge in [0.1, 0.15) is 11.5 Å². The van der Waals surface area contributed by atoms with E-state index < -0.39 is 0 Å². The lowest BCUT2D eigenvalue weighted by Crippen LogP contribution is -2.36. The molecule has 1 N–H and O–H groups in total. The van der Waals surface area contributed by atoms with E-state index in [1.165, 1.54) is 5.56 Å². The molecule has 4 rings (SSSR count). The molecule has 1 amide bonds. The van der Waals surface area contributed by atoms with Crippen molar-refractivity contribution in [2.75, 3.05) is 18.4 Å². The van der Waals surface area contributed by atoms with Gasteiger partial charge >= 0.3 is 0 Å². The standard InChI is InChI=1S/C19H23N5O/c1-13(12-24-11-5-9-17(24)25)21-18-14-6-4-8-15(14)22-19(23-18)16-7-2-3-10-20-16/h2-3,7,10,13H,4-6,8-9,11-12H2,1H3,(H,21,22,23)/t13-/m0/s1. The van der Waals surface area contributed by atoms with Gasteiger partial charge in [0.25, 0.3) is 0 Å². The normalized spacial score (nSPS) is 17.6. The number of carbonyl (C=O) groups excluding carboxylic acids is 1. The summed E-state index contributed by atoms with van der Waals surface area (Å²) in [4.78, 5) is 27.7. The van der Waals surface area contributed by atoms with E-state index in [1.54, 1.807) is 6.20 Å². The molecule has 0 spiro atoms. The van der Waals surface area contributed by atoms with Crippen molar-refractivity contribution in [3.05, 3.63) is 35.7 Å². The van der Waals surface area contributed by atoms with Crippen molar-refractivity contribution >= 4 is 11.7 Å². The quantitative estimate of drug-likeness (QED) is 0.907. The maximum absolute atomic E-state index is 11.9. The van der Waals surface area contributed by atoms with Gasteiger partial charge < -0.3 is 10.2 Å². The van der Waals surface area contributed by atoms with Crippen molar-refractivity contribution in [1.82, 2.24) is 19.9 Å². The second kappa shape index (κ2) is 6.78. The van der Waals surface area contributed by atoms with Gasteiger partial charge in [0.05, 0.1) is 0 Å². The van der Waals surface area contributed by atoms with E-state index >= 15 is 0 Å². The molecule has 0 saturated carbocycles. The Hall–Kier alpha value is -2.50. The molecule has 1 atom stereocenters. The van der Waals surface area contributed by atoms with Crippen LogP contribution in [0.25, 0.3) is 11.5 Å². The molecular weight excluding hydrogens is 314 g/mol. The molecule has 0 bridgehead atoms. The van der Waals surface area contributed by atoms with Crippen molar-refractivity contribution in [2.45, 2.75) is 45.1 Å². The molecule has 2 aromatic heterocycles. The second-order valence-electron chi connectivity index (χ2n) is 6.88. The topological polar surface area (TPSA) is 71.0 Å². The van der Waals surface area contributed by atoms with Gasteiger partial charge in [0, 0.05) is 43.0 Å². The van der Waals surface area contributed by atoms with Gasteiger partial charge in [-0.25, -0.2) is 9.97 Å². The summed E-state index contributed by atoms with van der Waals surface area (Å²) in [6.07, 6.45) is 6.53. The number of anilines is 1. The number of amides is 1. The minimum atomic E-state index is 0.151. The Morgan fingerprint density at radius 1 is 1.20 bits per heavy atom. The number of nitrogens with zero attached hydrogens (tertiary/aromatic N) is 4. The first-order valence-corrected chi connectivity index (χ1v) is 9.06. The lowest BCUT2D eigenvalue weighted by atomic mass is 10.2. The van der Waals surface area contributed by atoms with Gasteiger partial charge in [-0.2, -0.15) is 0 Å². The summed E-state index contributed by atoms with van der Waals surface area (Å²) in [7, 11) is 0. The van der Waals surface area contributed by atoms with E-state index in [0.717, 1.165) is 56.0 Å². The summed E-state index contributed by atoms with van der Waals surface area (Å²) < 4.78 is 0. The molecule has 3 heterocycles. The monoisotopic (exact) mass is 337 g/mol. The molecule has 1 aliphatic heterocycles. The number of hydrogen-bond donors (Lipinski definition) is 1. The molecule has 0 aromatic carbocycles. The predicted octanol–water partition coefficient (Wildman–Crippen LogP) is 2.45. The molecule has 2 aromatic rings. The highest BCUT2D eigenvalue weighted by atomic mass is 16.2. The fourth-order valence-corrected chi connectivity index (χ4v) is 3.67. The van der Waals surface area contributed by atoms with Crippen molar-refractivity contribution in [3.63, 3.8) is 0 Å². The van der Waals surface area contributed by atoms with Crippen LogP contribution in [-0.2, 0) is 17.6 Å². The van der Waals surface area contributed by atoms with E-state index in [2.05, 4.69) is 17.2 Å². The number of hydrogen-bond acceptors (Lipinski definition) is 5. The number of aromatic nitrogens is 3. The van der Waals surface area contributed by atoms with Crippen molar-refractivity contribution < 1.29 is 4.79 Å². The largest absolute Gasteiger partial charge is 0.365 e. The lowest BCUT2D eigenvalue weighted by molar-refractivity contribution is -0.127. The van der Waals surface area contributed by atoms with Crippen LogP contribution in [0.2, 0.25) is 0 Å². The number of nitrogens with one attached hydrogen (secondary N) is 1. The minimum Gasteiger partial charge on any atom is -0.365 e. The molecule has 1 saturated heterocycles.